The third kappa shape index (κ3) is 10.9. The van der Waals surface area contributed by atoms with E-state index in [0.29, 0.717) is 5.56 Å². The van der Waals surface area contributed by atoms with E-state index in [2.05, 4.69) is 16.0 Å². The first-order chi connectivity index (χ1) is 17.2. The number of carboxylic acids is 3. The topological polar surface area (TPSA) is 266 Å². The largest absolute Gasteiger partial charge is 0.508 e. The van der Waals surface area contributed by atoms with Crippen molar-refractivity contribution >= 4 is 35.6 Å². The zero-order valence-electron chi connectivity index (χ0n) is 19.8. The van der Waals surface area contributed by atoms with Gasteiger partial charge in [-0.05, 0) is 31.0 Å². The van der Waals surface area contributed by atoms with Gasteiger partial charge in [-0.3, -0.25) is 24.0 Å². The first-order valence-electron chi connectivity index (χ1n) is 11.0. The molecule has 1 aromatic rings. The lowest BCUT2D eigenvalue weighted by Gasteiger charge is -2.25. The minimum Gasteiger partial charge on any atom is -0.508 e. The molecule has 1 rings (SSSR count). The minimum absolute atomic E-state index is 0.0806. The SMILES string of the molecule is CC(O)C(NC(=O)C(Cc1ccc(O)cc1)NC(=O)C(CCC(=O)O)NC(=O)C(N)CC(=O)O)C(=O)O. The van der Waals surface area contributed by atoms with Gasteiger partial charge in [-0.1, -0.05) is 12.1 Å². The Morgan fingerprint density at radius 1 is 0.838 bits per heavy atom. The number of hydrogen-bond acceptors (Lipinski definition) is 9. The maximum absolute atomic E-state index is 13.0. The standard InChI is InChI=1S/C22H30N4O11/c1-10(27)18(22(36)37)26-21(35)15(8-11-2-4-12(28)5-3-11)25-20(34)14(6-7-16(29)30)24-19(33)13(23)9-17(31)32/h2-5,10,13-15,18,27-28H,6-9,23H2,1H3,(H,24,33)(H,25,34)(H,26,35)(H,29,30)(H,31,32)(H,36,37). The Kier molecular flexibility index (Phi) is 11.9. The van der Waals surface area contributed by atoms with Crippen LogP contribution in [0.25, 0.3) is 0 Å². The van der Waals surface area contributed by atoms with Crippen molar-refractivity contribution in [3.8, 4) is 5.75 Å². The third-order valence-electron chi connectivity index (χ3n) is 5.07. The van der Waals surface area contributed by atoms with Crippen LogP contribution in [0.15, 0.2) is 24.3 Å². The van der Waals surface area contributed by atoms with Crippen LogP contribution in [0, 0.1) is 0 Å². The monoisotopic (exact) mass is 526 g/mol. The number of rotatable bonds is 15. The number of carbonyl (C=O) groups excluding carboxylic acids is 3. The van der Waals surface area contributed by atoms with Crippen LogP contribution >= 0.6 is 0 Å². The van der Waals surface area contributed by atoms with Crippen LogP contribution in [0.3, 0.4) is 0 Å². The van der Waals surface area contributed by atoms with Gasteiger partial charge in [-0.25, -0.2) is 4.79 Å². The number of nitrogens with one attached hydrogen (secondary N) is 3. The van der Waals surface area contributed by atoms with Crippen LogP contribution in [0.4, 0.5) is 0 Å². The Morgan fingerprint density at radius 2 is 1.38 bits per heavy atom. The quantitative estimate of drug-likeness (QED) is 0.115. The van der Waals surface area contributed by atoms with Gasteiger partial charge < -0.3 is 47.2 Å². The second-order valence-electron chi connectivity index (χ2n) is 8.19. The molecule has 204 valence electrons. The molecule has 5 unspecified atom stereocenters. The second-order valence-corrected chi connectivity index (χ2v) is 8.19. The van der Waals surface area contributed by atoms with Gasteiger partial charge in [-0.15, -0.1) is 0 Å². The summed E-state index contributed by atoms with van der Waals surface area (Å²) < 4.78 is 0. The highest BCUT2D eigenvalue weighted by molar-refractivity contribution is 5.95. The third-order valence-corrected chi connectivity index (χ3v) is 5.07. The van der Waals surface area contributed by atoms with Gasteiger partial charge in [0.2, 0.25) is 17.7 Å². The minimum atomic E-state index is -1.72. The van der Waals surface area contributed by atoms with E-state index in [1.165, 1.54) is 24.3 Å². The molecule has 0 aliphatic heterocycles. The molecule has 0 fully saturated rings. The first-order valence-corrected chi connectivity index (χ1v) is 11.0. The molecule has 0 aliphatic carbocycles. The zero-order valence-corrected chi connectivity index (χ0v) is 19.8. The molecule has 1 aromatic carbocycles. The van der Waals surface area contributed by atoms with E-state index in [4.69, 9.17) is 15.9 Å². The Labute approximate surface area is 210 Å². The highest BCUT2D eigenvalue weighted by atomic mass is 16.4. The van der Waals surface area contributed by atoms with E-state index in [0.717, 1.165) is 6.92 Å². The van der Waals surface area contributed by atoms with Crippen molar-refractivity contribution in [2.45, 2.75) is 62.9 Å². The summed E-state index contributed by atoms with van der Waals surface area (Å²) in [4.78, 5) is 71.4. The van der Waals surface area contributed by atoms with E-state index in [1.54, 1.807) is 0 Å². The van der Waals surface area contributed by atoms with E-state index in [9.17, 15) is 44.1 Å². The van der Waals surface area contributed by atoms with Crippen molar-refractivity contribution in [2.24, 2.45) is 5.73 Å². The number of benzene rings is 1. The van der Waals surface area contributed by atoms with Crippen LogP contribution in [0.2, 0.25) is 0 Å². The molecular weight excluding hydrogens is 496 g/mol. The van der Waals surface area contributed by atoms with Crippen LogP contribution in [0.5, 0.6) is 5.75 Å². The normalized spacial score (nSPS) is 14.8. The number of phenols is 1. The number of aliphatic carboxylic acids is 3. The molecule has 0 aliphatic rings. The van der Waals surface area contributed by atoms with Crippen LogP contribution in [-0.2, 0) is 35.2 Å². The number of carbonyl (C=O) groups is 6. The van der Waals surface area contributed by atoms with Gasteiger partial charge in [0.1, 0.15) is 17.8 Å². The summed E-state index contributed by atoms with van der Waals surface area (Å²) in [6.45, 7) is 1.13. The zero-order chi connectivity index (χ0) is 28.3. The molecule has 0 saturated heterocycles. The molecule has 15 heteroatoms. The molecule has 0 bridgehead atoms. The molecule has 37 heavy (non-hydrogen) atoms. The average molecular weight is 526 g/mol. The summed E-state index contributed by atoms with van der Waals surface area (Å²) in [6, 6.07) is -0.789. The van der Waals surface area contributed by atoms with Crippen LogP contribution in [-0.4, -0.2) is 91.4 Å². The summed E-state index contributed by atoms with van der Waals surface area (Å²) in [6.07, 6.45) is -3.50. The lowest BCUT2D eigenvalue weighted by Crippen LogP contribution is -2.58. The summed E-state index contributed by atoms with van der Waals surface area (Å²) in [5.41, 5.74) is 5.92. The fourth-order valence-corrected chi connectivity index (χ4v) is 3.09. The van der Waals surface area contributed by atoms with E-state index in [1.807, 2.05) is 0 Å². The number of aliphatic hydroxyl groups excluding tert-OH is 1. The van der Waals surface area contributed by atoms with Gasteiger partial charge in [0.15, 0.2) is 6.04 Å². The molecular formula is C22H30N4O11. The van der Waals surface area contributed by atoms with Crippen molar-refractivity contribution in [1.82, 2.24) is 16.0 Å². The molecule has 0 radical (unpaired) electrons. The van der Waals surface area contributed by atoms with Gasteiger partial charge in [0.05, 0.1) is 18.6 Å². The number of phenolic OH excluding ortho intramolecular Hbond substituents is 1. The molecule has 0 aromatic heterocycles. The highest BCUT2D eigenvalue weighted by Gasteiger charge is 2.32. The predicted octanol–water partition coefficient (Wildman–Crippen LogP) is -2.48. The summed E-state index contributed by atoms with van der Waals surface area (Å²) >= 11 is 0. The summed E-state index contributed by atoms with van der Waals surface area (Å²) in [5.74, 6) is -7.40. The van der Waals surface area contributed by atoms with E-state index >= 15 is 0 Å². The van der Waals surface area contributed by atoms with Crippen molar-refractivity contribution in [3.05, 3.63) is 29.8 Å². The summed E-state index contributed by atoms with van der Waals surface area (Å²) in [7, 11) is 0. The molecule has 10 N–H and O–H groups in total. The Morgan fingerprint density at radius 3 is 1.86 bits per heavy atom. The van der Waals surface area contributed by atoms with E-state index in [-0.39, 0.29) is 12.2 Å². The maximum atomic E-state index is 13.0. The van der Waals surface area contributed by atoms with Crippen LogP contribution < -0.4 is 21.7 Å². The molecule has 15 nitrogen and oxygen atoms in total. The Balaban J connectivity index is 3.18. The van der Waals surface area contributed by atoms with Crippen molar-refractivity contribution in [2.75, 3.05) is 0 Å². The number of nitrogens with two attached hydrogens (primary N) is 1. The molecule has 0 spiro atoms. The number of aliphatic hydroxyl groups is 1. The van der Waals surface area contributed by atoms with Gasteiger partial charge in [0.25, 0.3) is 0 Å². The van der Waals surface area contributed by atoms with Crippen LogP contribution in [0.1, 0.15) is 31.7 Å². The predicted molar refractivity (Wildman–Crippen MR) is 124 cm³/mol. The highest BCUT2D eigenvalue weighted by Crippen LogP contribution is 2.12. The van der Waals surface area contributed by atoms with Crippen molar-refractivity contribution < 1.29 is 54.3 Å². The van der Waals surface area contributed by atoms with Gasteiger partial charge in [-0.2, -0.15) is 0 Å². The fourth-order valence-electron chi connectivity index (χ4n) is 3.09. The second kappa shape index (κ2) is 14.4. The van der Waals surface area contributed by atoms with Crippen molar-refractivity contribution in [1.29, 1.82) is 0 Å². The lowest BCUT2D eigenvalue weighted by molar-refractivity contribution is -0.145. The number of hydrogen-bond donors (Lipinski definition) is 9. The average Bonchev–Trinajstić information content (AvgIpc) is 2.79. The Hall–Kier alpha value is -4.24. The summed E-state index contributed by atoms with van der Waals surface area (Å²) in [5, 5.41) is 52.8. The molecule has 5 atom stereocenters. The first kappa shape index (κ1) is 30.8. The van der Waals surface area contributed by atoms with Gasteiger partial charge in [0, 0.05) is 12.8 Å². The lowest BCUT2D eigenvalue weighted by atomic mass is 10.0. The number of amides is 3. The number of aromatic hydroxyl groups is 1. The maximum Gasteiger partial charge on any atom is 0.328 e. The number of carboxylic acid groups (broad SMARTS) is 3. The van der Waals surface area contributed by atoms with Crippen molar-refractivity contribution in [3.63, 3.8) is 0 Å². The fraction of sp³-hybridized carbons (Fsp3) is 0.455. The van der Waals surface area contributed by atoms with Gasteiger partial charge >= 0.3 is 17.9 Å². The van der Waals surface area contributed by atoms with E-state index < -0.39 is 85.2 Å². The molecule has 3 amide bonds. The molecule has 0 saturated carbocycles. The smallest absolute Gasteiger partial charge is 0.328 e. The Bertz CT molecular complexity index is 997. The molecule has 0 heterocycles.